The van der Waals surface area contributed by atoms with E-state index in [1.165, 1.54) is 33.0 Å². The van der Waals surface area contributed by atoms with Gasteiger partial charge in [0.25, 0.3) is 0 Å². The van der Waals surface area contributed by atoms with E-state index in [-0.39, 0.29) is 0 Å². The molecule has 0 saturated carbocycles. The summed E-state index contributed by atoms with van der Waals surface area (Å²) in [6.45, 7) is 0. The Morgan fingerprint density at radius 2 is 0.823 bits per heavy atom. The molecule has 0 spiro atoms. The van der Waals surface area contributed by atoms with E-state index in [1.54, 1.807) is 0 Å². The van der Waals surface area contributed by atoms with E-state index in [0.29, 0.717) is 5.82 Å². The van der Waals surface area contributed by atoms with E-state index in [1.807, 2.05) is 0 Å². The summed E-state index contributed by atoms with van der Waals surface area (Å²) >= 11 is 0. The van der Waals surface area contributed by atoms with Gasteiger partial charge in [0.05, 0.1) is 27.8 Å². The quantitative estimate of drug-likeness (QED) is 0.161. The first-order valence-electron chi connectivity index (χ1n) is 21.1. The first kappa shape index (κ1) is 35.6. The Labute approximate surface area is 359 Å². The molecule has 0 bridgehead atoms. The lowest BCUT2D eigenvalue weighted by Gasteiger charge is -2.14. The highest BCUT2D eigenvalue weighted by molar-refractivity contribution is 6.17. The molecule has 0 atom stereocenters. The minimum Gasteiger partial charge on any atom is -0.309 e. The van der Waals surface area contributed by atoms with Crippen molar-refractivity contribution < 1.29 is 0 Å². The second-order valence-corrected chi connectivity index (χ2v) is 15.8. The Morgan fingerprint density at radius 3 is 1.55 bits per heavy atom. The van der Waals surface area contributed by atoms with Crippen molar-refractivity contribution >= 4 is 43.7 Å². The SMILES string of the molecule is c1ccc(-c2cccc(-c3nc(-c4cccc(-c5cccc6c5c5cc(-c7ccccc7)ccc5n6-c5ccccc5)c4)c4c(n3)c3ccccc3n4-c3ccccc3)c2)cc1. The molecule has 9 aromatic carbocycles. The molecule has 0 unspecified atom stereocenters. The molecule has 3 heterocycles. The number of para-hydroxylation sites is 3. The van der Waals surface area contributed by atoms with Crippen LogP contribution < -0.4 is 0 Å². The van der Waals surface area contributed by atoms with Gasteiger partial charge in [-0.25, -0.2) is 9.97 Å². The Bertz CT molecular complexity index is 3610. The first-order chi connectivity index (χ1) is 30.8. The van der Waals surface area contributed by atoms with Gasteiger partial charge in [-0.3, -0.25) is 0 Å². The van der Waals surface area contributed by atoms with Crippen LogP contribution in [-0.4, -0.2) is 19.1 Å². The third-order valence-corrected chi connectivity index (χ3v) is 12.1. The highest BCUT2D eigenvalue weighted by Gasteiger charge is 2.23. The van der Waals surface area contributed by atoms with Crippen LogP contribution in [-0.2, 0) is 0 Å². The topological polar surface area (TPSA) is 35.6 Å². The number of aromatic nitrogens is 4. The highest BCUT2D eigenvalue weighted by Crippen LogP contribution is 2.43. The van der Waals surface area contributed by atoms with Crippen molar-refractivity contribution in [1.82, 2.24) is 19.1 Å². The molecule has 0 N–H and O–H groups in total. The van der Waals surface area contributed by atoms with E-state index in [0.717, 1.165) is 72.3 Å². The Hall–Kier alpha value is -8.34. The van der Waals surface area contributed by atoms with E-state index >= 15 is 0 Å². The molecule has 62 heavy (non-hydrogen) atoms. The average Bonchev–Trinajstić information content (AvgIpc) is 3.88. The summed E-state index contributed by atoms with van der Waals surface area (Å²) in [6, 6.07) is 82.1. The molecule has 0 aliphatic heterocycles. The van der Waals surface area contributed by atoms with Crippen LogP contribution in [0.3, 0.4) is 0 Å². The predicted octanol–water partition coefficient (Wildman–Crippen LogP) is 15.0. The second kappa shape index (κ2) is 14.7. The second-order valence-electron chi connectivity index (χ2n) is 15.8. The Morgan fingerprint density at radius 1 is 0.306 bits per heavy atom. The van der Waals surface area contributed by atoms with Gasteiger partial charge in [-0.1, -0.05) is 170 Å². The first-order valence-corrected chi connectivity index (χ1v) is 21.1. The molecule has 290 valence electrons. The van der Waals surface area contributed by atoms with Gasteiger partial charge in [0, 0.05) is 38.7 Å². The maximum atomic E-state index is 5.56. The van der Waals surface area contributed by atoms with Crippen molar-refractivity contribution in [3.63, 3.8) is 0 Å². The smallest absolute Gasteiger partial charge is 0.160 e. The molecule has 0 aliphatic rings. The van der Waals surface area contributed by atoms with Crippen molar-refractivity contribution in [2.75, 3.05) is 0 Å². The van der Waals surface area contributed by atoms with Crippen LogP contribution in [0.4, 0.5) is 0 Å². The van der Waals surface area contributed by atoms with Gasteiger partial charge >= 0.3 is 0 Å². The number of rotatable bonds is 7. The van der Waals surface area contributed by atoms with Crippen molar-refractivity contribution in [2.24, 2.45) is 0 Å². The number of benzene rings is 9. The largest absolute Gasteiger partial charge is 0.309 e. The summed E-state index contributed by atoms with van der Waals surface area (Å²) in [6.07, 6.45) is 0. The van der Waals surface area contributed by atoms with Crippen LogP contribution in [0.2, 0.25) is 0 Å². The lowest BCUT2D eigenvalue weighted by atomic mass is 9.95. The summed E-state index contributed by atoms with van der Waals surface area (Å²) in [4.78, 5) is 11.0. The van der Waals surface area contributed by atoms with Crippen LogP contribution in [0.25, 0.3) is 111 Å². The summed E-state index contributed by atoms with van der Waals surface area (Å²) in [7, 11) is 0. The summed E-state index contributed by atoms with van der Waals surface area (Å²) < 4.78 is 4.73. The predicted molar refractivity (Wildman–Crippen MR) is 258 cm³/mol. The van der Waals surface area contributed by atoms with Gasteiger partial charge in [-0.15, -0.1) is 0 Å². The van der Waals surface area contributed by atoms with Gasteiger partial charge in [0.1, 0.15) is 5.52 Å². The zero-order chi connectivity index (χ0) is 41.0. The molecule has 0 fully saturated rings. The van der Waals surface area contributed by atoms with Gasteiger partial charge in [-0.2, -0.15) is 0 Å². The zero-order valence-electron chi connectivity index (χ0n) is 33.7. The third kappa shape index (κ3) is 5.92. The standard InChI is InChI=1S/C58H38N4/c1-5-18-39(19-6-1)41-22-15-25-45(36-41)58-59-55(57-56(60-58)49-30-13-14-32-51(49)62(57)47-28-11-4-12-29-47)44-24-16-23-43(37-44)48-31-17-33-53-54(48)50-38-42(40-20-7-2-8-21-40)34-35-52(50)61(53)46-26-9-3-10-27-46/h1-38H. The van der Waals surface area contributed by atoms with Gasteiger partial charge < -0.3 is 9.13 Å². The lowest BCUT2D eigenvalue weighted by Crippen LogP contribution is -2.00. The van der Waals surface area contributed by atoms with Crippen LogP contribution in [0, 0.1) is 0 Å². The fourth-order valence-corrected chi connectivity index (χ4v) is 9.30. The van der Waals surface area contributed by atoms with Crippen LogP contribution >= 0.6 is 0 Å². The van der Waals surface area contributed by atoms with E-state index in [9.17, 15) is 0 Å². The fraction of sp³-hybridized carbons (Fsp3) is 0. The lowest BCUT2D eigenvalue weighted by molar-refractivity contribution is 1.15. The molecule has 0 radical (unpaired) electrons. The molecular weight excluding hydrogens is 753 g/mol. The van der Waals surface area contributed by atoms with Crippen molar-refractivity contribution in [1.29, 1.82) is 0 Å². The van der Waals surface area contributed by atoms with Gasteiger partial charge in [0.15, 0.2) is 5.82 Å². The molecule has 0 aliphatic carbocycles. The minimum atomic E-state index is 0.688. The van der Waals surface area contributed by atoms with Gasteiger partial charge in [-0.05, 0) is 94.0 Å². The summed E-state index contributed by atoms with van der Waals surface area (Å²) in [5, 5.41) is 3.51. The van der Waals surface area contributed by atoms with Crippen LogP contribution in [0.15, 0.2) is 231 Å². The highest BCUT2D eigenvalue weighted by atomic mass is 15.0. The van der Waals surface area contributed by atoms with Crippen LogP contribution in [0.5, 0.6) is 0 Å². The monoisotopic (exact) mass is 790 g/mol. The van der Waals surface area contributed by atoms with Crippen molar-refractivity contribution in [2.45, 2.75) is 0 Å². The summed E-state index contributed by atoms with van der Waals surface area (Å²) in [5.41, 5.74) is 17.3. The van der Waals surface area contributed by atoms with E-state index in [2.05, 4.69) is 240 Å². The normalized spacial score (nSPS) is 11.5. The fourth-order valence-electron chi connectivity index (χ4n) is 9.30. The molecule has 4 nitrogen and oxygen atoms in total. The maximum absolute atomic E-state index is 5.56. The molecule has 12 aromatic rings. The maximum Gasteiger partial charge on any atom is 0.160 e. The Balaban J connectivity index is 1.12. The number of fused-ring (bicyclic) bond motifs is 6. The molecular formula is C58H38N4. The van der Waals surface area contributed by atoms with Gasteiger partial charge in [0.2, 0.25) is 0 Å². The van der Waals surface area contributed by atoms with Crippen molar-refractivity contribution in [3.05, 3.63) is 231 Å². The minimum absolute atomic E-state index is 0.688. The number of hydrogen-bond acceptors (Lipinski definition) is 2. The average molecular weight is 791 g/mol. The van der Waals surface area contributed by atoms with Crippen molar-refractivity contribution in [3.8, 4) is 67.4 Å². The molecule has 0 saturated heterocycles. The van der Waals surface area contributed by atoms with Crippen LogP contribution in [0.1, 0.15) is 0 Å². The molecule has 0 amide bonds. The molecule has 3 aromatic heterocycles. The molecule has 12 rings (SSSR count). The number of nitrogens with zero attached hydrogens (tertiary/aromatic N) is 4. The zero-order valence-corrected chi connectivity index (χ0v) is 33.7. The Kier molecular flexibility index (Phi) is 8.46. The summed E-state index contributed by atoms with van der Waals surface area (Å²) in [5.74, 6) is 0.688. The van der Waals surface area contributed by atoms with E-state index < -0.39 is 0 Å². The van der Waals surface area contributed by atoms with E-state index in [4.69, 9.17) is 9.97 Å². The third-order valence-electron chi connectivity index (χ3n) is 12.1. The molecule has 4 heteroatoms. The number of hydrogen-bond donors (Lipinski definition) is 0.